The first-order valence-electron chi connectivity index (χ1n) is 7.11. The Morgan fingerprint density at radius 2 is 2.00 bits per heavy atom. The number of nitrogens with zero attached hydrogens (tertiary/aromatic N) is 2. The summed E-state index contributed by atoms with van der Waals surface area (Å²) in [4.78, 5) is 0. The van der Waals surface area contributed by atoms with Crippen LogP contribution < -0.4 is 10.1 Å². The van der Waals surface area contributed by atoms with Gasteiger partial charge in [-0.3, -0.25) is 4.68 Å². The maximum absolute atomic E-state index is 5.77. The molecule has 108 valence electrons. The van der Waals surface area contributed by atoms with Crippen molar-refractivity contribution in [2.24, 2.45) is 0 Å². The quantitative estimate of drug-likeness (QED) is 0.843. The lowest BCUT2D eigenvalue weighted by Crippen LogP contribution is -2.23. The van der Waals surface area contributed by atoms with Crippen LogP contribution in [0, 0.1) is 0 Å². The van der Waals surface area contributed by atoms with E-state index < -0.39 is 0 Å². The lowest BCUT2D eigenvalue weighted by molar-refractivity contribution is 0.306. The van der Waals surface area contributed by atoms with Gasteiger partial charge in [0, 0.05) is 24.3 Å². The third kappa shape index (κ3) is 4.10. The summed E-state index contributed by atoms with van der Waals surface area (Å²) in [5.41, 5.74) is 2.41. The van der Waals surface area contributed by atoms with Gasteiger partial charge in [0.15, 0.2) is 0 Å². The maximum atomic E-state index is 5.77. The minimum atomic E-state index is 0.488. The lowest BCUT2D eigenvalue weighted by Gasteiger charge is -2.10. The summed E-state index contributed by atoms with van der Waals surface area (Å²) in [7, 11) is 1.98. The fourth-order valence-electron chi connectivity index (χ4n) is 2.00. The summed E-state index contributed by atoms with van der Waals surface area (Å²) in [6.45, 7) is 5.70. The van der Waals surface area contributed by atoms with E-state index in [1.165, 1.54) is 5.56 Å². The van der Waals surface area contributed by atoms with Crippen molar-refractivity contribution >= 4 is 0 Å². The molecule has 0 spiro atoms. The van der Waals surface area contributed by atoms with E-state index in [4.69, 9.17) is 4.74 Å². The second-order valence-corrected chi connectivity index (χ2v) is 5.03. The Labute approximate surface area is 120 Å². The Bertz CT molecular complexity index is 519. The number of nitrogens with one attached hydrogen (secondary N) is 1. The third-order valence-electron chi connectivity index (χ3n) is 3.37. The van der Waals surface area contributed by atoms with Crippen LogP contribution in [0.15, 0.2) is 36.7 Å². The molecule has 4 nitrogen and oxygen atoms in total. The van der Waals surface area contributed by atoms with Crippen LogP contribution in [0.5, 0.6) is 5.75 Å². The van der Waals surface area contributed by atoms with E-state index in [1.807, 2.05) is 36.3 Å². The number of aromatic nitrogens is 2. The minimum absolute atomic E-state index is 0.488. The van der Waals surface area contributed by atoms with Crippen LogP contribution >= 0.6 is 0 Å². The summed E-state index contributed by atoms with van der Waals surface area (Å²) in [5, 5.41) is 7.47. The average Bonchev–Trinajstić information content (AvgIpc) is 2.94. The molecule has 0 aliphatic heterocycles. The average molecular weight is 273 g/mol. The molecule has 4 heteroatoms. The van der Waals surface area contributed by atoms with Crippen molar-refractivity contribution in [2.45, 2.75) is 39.5 Å². The molecule has 1 unspecified atom stereocenters. The third-order valence-corrected chi connectivity index (χ3v) is 3.37. The molecule has 0 saturated heterocycles. The SMILES string of the molecule is CCn1cc(COc2ccc(CC(C)NC)cc2)cn1. The van der Waals surface area contributed by atoms with Gasteiger partial charge < -0.3 is 10.1 Å². The second-order valence-electron chi connectivity index (χ2n) is 5.03. The van der Waals surface area contributed by atoms with E-state index in [0.29, 0.717) is 12.6 Å². The van der Waals surface area contributed by atoms with Crippen LogP contribution in [0.4, 0.5) is 0 Å². The smallest absolute Gasteiger partial charge is 0.119 e. The standard InChI is InChI=1S/C16H23N3O/c1-4-19-11-15(10-18-19)12-20-16-7-5-14(6-8-16)9-13(2)17-3/h5-8,10-11,13,17H,4,9,12H2,1-3H3. The van der Waals surface area contributed by atoms with Gasteiger partial charge >= 0.3 is 0 Å². The number of likely N-dealkylation sites (N-methyl/N-ethyl adjacent to an activating group) is 1. The van der Waals surface area contributed by atoms with Gasteiger partial charge in [-0.2, -0.15) is 5.10 Å². The molecule has 0 aliphatic carbocycles. The minimum Gasteiger partial charge on any atom is -0.489 e. The summed E-state index contributed by atoms with van der Waals surface area (Å²) < 4.78 is 7.67. The van der Waals surface area contributed by atoms with Crippen LogP contribution in [-0.2, 0) is 19.6 Å². The van der Waals surface area contributed by atoms with E-state index in [2.05, 4.69) is 36.4 Å². The highest BCUT2D eigenvalue weighted by atomic mass is 16.5. The van der Waals surface area contributed by atoms with Crippen LogP contribution in [0.3, 0.4) is 0 Å². The largest absolute Gasteiger partial charge is 0.489 e. The predicted molar refractivity (Wildman–Crippen MR) is 80.9 cm³/mol. The van der Waals surface area contributed by atoms with Gasteiger partial charge in [0.05, 0.1) is 6.20 Å². The second kappa shape index (κ2) is 7.10. The van der Waals surface area contributed by atoms with Gasteiger partial charge in [-0.1, -0.05) is 12.1 Å². The van der Waals surface area contributed by atoms with Crippen LogP contribution in [0.2, 0.25) is 0 Å². The fraction of sp³-hybridized carbons (Fsp3) is 0.438. The van der Waals surface area contributed by atoms with E-state index in [-0.39, 0.29) is 0 Å². The number of aryl methyl sites for hydroxylation is 1. The molecular formula is C16H23N3O. The molecule has 0 aliphatic rings. The zero-order chi connectivity index (χ0) is 14.4. The van der Waals surface area contributed by atoms with E-state index in [9.17, 15) is 0 Å². The summed E-state index contributed by atoms with van der Waals surface area (Å²) in [5.74, 6) is 0.898. The topological polar surface area (TPSA) is 39.1 Å². The molecule has 1 aromatic heterocycles. The highest BCUT2D eigenvalue weighted by Gasteiger charge is 2.02. The van der Waals surface area contributed by atoms with Crippen molar-refractivity contribution in [3.63, 3.8) is 0 Å². The van der Waals surface area contributed by atoms with Crippen molar-refractivity contribution in [2.75, 3.05) is 7.05 Å². The Kier molecular flexibility index (Phi) is 5.18. The Balaban J connectivity index is 1.87. The molecule has 0 amide bonds. The molecule has 0 bridgehead atoms. The molecular weight excluding hydrogens is 250 g/mol. The van der Waals surface area contributed by atoms with Gasteiger partial charge in [-0.05, 0) is 45.0 Å². The Morgan fingerprint density at radius 3 is 2.60 bits per heavy atom. The van der Waals surface area contributed by atoms with Crippen LogP contribution in [-0.4, -0.2) is 22.9 Å². The molecule has 0 saturated carbocycles. The molecule has 1 N–H and O–H groups in total. The first-order valence-corrected chi connectivity index (χ1v) is 7.11. The molecule has 2 rings (SSSR count). The first-order chi connectivity index (χ1) is 9.71. The number of benzene rings is 1. The van der Waals surface area contributed by atoms with Crippen molar-refractivity contribution in [3.8, 4) is 5.75 Å². The van der Waals surface area contributed by atoms with Crippen molar-refractivity contribution < 1.29 is 4.74 Å². The number of hydrogen-bond acceptors (Lipinski definition) is 3. The predicted octanol–water partition coefficient (Wildman–Crippen LogP) is 2.63. The Morgan fingerprint density at radius 1 is 1.25 bits per heavy atom. The zero-order valence-corrected chi connectivity index (χ0v) is 12.5. The number of ether oxygens (including phenoxy) is 1. The summed E-state index contributed by atoms with van der Waals surface area (Å²) >= 11 is 0. The molecule has 1 heterocycles. The molecule has 0 radical (unpaired) electrons. The van der Waals surface area contributed by atoms with Crippen LogP contribution in [0.1, 0.15) is 25.0 Å². The fourth-order valence-corrected chi connectivity index (χ4v) is 2.00. The van der Waals surface area contributed by atoms with Crippen molar-refractivity contribution in [3.05, 3.63) is 47.8 Å². The highest BCUT2D eigenvalue weighted by Crippen LogP contribution is 2.15. The zero-order valence-electron chi connectivity index (χ0n) is 12.5. The van der Waals surface area contributed by atoms with Gasteiger partial charge in [-0.25, -0.2) is 0 Å². The first kappa shape index (κ1) is 14.6. The van der Waals surface area contributed by atoms with E-state index >= 15 is 0 Å². The molecule has 2 aromatic rings. The maximum Gasteiger partial charge on any atom is 0.119 e. The summed E-state index contributed by atoms with van der Waals surface area (Å²) in [6.07, 6.45) is 4.90. The summed E-state index contributed by atoms with van der Waals surface area (Å²) in [6, 6.07) is 8.79. The molecule has 1 aromatic carbocycles. The van der Waals surface area contributed by atoms with Crippen molar-refractivity contribution in [1.82, 2.24) is 15.1 Å². The highest BCUT2D eigenvalue weighted by molar-refractivity contribution is 5.28. The molecule has 1 atom stereocenters. The number of rotatable bonds is 7. The van der Waals surface area contributed by atoms with E-state index in [0.717, 1.165) is 24.3 Å². The van der Waals surface area contributed by atoms with Gasteiger partial charge in [0.2, 0.25) is 0 Å². The molecule has 20 heavy (non-hydrogen) atoms. The van der Waals surface area contributed by atoms with Gasteiger partial charge in [0.25, 0.3) is 0 Å². The normalized spacial score (nSPS) is 12.3. The van der Waals surface area contributed by atoms with Crippen molar-refractivity contribution in [1.29, 1.82) is 0 Å². The lowest BCUT2D eigenvalue weighted by atomic mass is 10.1. The van der Waals surface area contributed by atoms with E-state index in [1.54, 1.807) is 0 Å². The monoisotopic (exact) mass is 273 g/mol. The van der Waals surface area contributed by atoms with Gasteiger partial charge in [-0.15, -0.1) is 0 Å². The number of hydrogen-bond donors (Lipinski definition) is 1. The Hall–Kier alpha value is -1.81. The van der Waals surface area contributed by atoms with Gasteiger partial charge in [0.1, 0.15) is 12.4 Å². The van der Waals surface area contributed by atoms with Crippen LogP contribution in [0.25, 0.3) is 0 Å². The molecule has 0 fully saturated rings.